The largest absolute Gasteiger partial charge is 0.414 e. The molecule has 0 spiro atoms. The van der Waals surface area contributed by atoms with Gasteiger partial charge in [-0.25, -0.2) is 0 Å². The molecule has 19 heavy (non-hydrogen) atoms. The van der Waals surface area contributed by atoms with E-state index in [-0.39, 0.29) is 0 Å². The highest BCUT2D eigenvalue weighted by Gasteiger charge is 2.18. The predicted octanol–water partition coefficient (Wildman–Crippen LogP) is 0.761. The third-order valence-electron chi connectivity index (χ3n) is 2.84. The molecule has 0 unspecified atom stereocenters. The van der Waals surface area contributed by atoms with Crippen LogP contribution in [0, 0.1) is 6.92 Å². The first-order valence-electron chi connectivity index (χ1n) is 5.68. The van der Waals surface area contributed by atoms with Crippen LogP contribution in [0.1, 0.15) is 5.69 Å². The van der Waals surface area contributed by atoms with Crippen LogP contribution in [-0.2, 0) is 14.1 Å². The van der Waals surface area contributed by atoms with Crippen molar-refractivity contribution in [3.05, 3.63) is 18.1 Å². The van der Waals surface area contributed by atoms with Crippen molar-refractivity contribution in [2.75, 3.05) is 5.73 Å². The van der Waals surface area contributed by atoms with Gasteiger partial charge < -0.3 is 10.2 Å². The molecule has 0 saturated heterocycles. The third-order valence-corrected chi connectivity index (χ3v) is 2.84. The lowest BCUT2D eigenvalue weighted by atomic mass is 10.3. The molecule has 0 saturated carbocycles. The second kappa shape index (κ2) is 3.94. The van der Waals surface area contributed by atoms with E-state index in [0.717, 1.165) is 11.3 Å². The molecular formula is C11H13N7O. The first-order valence-corrected chi connectivity index (χ1v) is 5.68. The van der Waals surface area contributed by atoms with Crippen molar-refractivity contribution < 1.29 is 4.42 Å². The average molecular weight is 259 g/mol. The molecule has 0 aromatic carbocycles. The first-order chi connectivity index (χ1) is 9.06. The number of rotatable bonds is 2. The number of anilines is 1. The number of nitrogens with zero attached hydrogens (tertiary/aromatic N) is 6. The number of hydrogen-bond donors (Lipinski definition) is 1. The zero-order valence-corrected chi connectivity index (χ0v) is 10.8. The highest BCUT2D eigenvalue weighted by atomic mass is 16.4. The summed E-state index contributed by atoms with van der Waals surface area (Å²) < 4.78 is 8.95. The van der Waals surface area contributed by atoms with Crippen LogP contribution in [0.5, 0.6) is 0 Å². The molecule has 0 bridgehead atoms. The number of aryl methyl sites for hydroxylation is 3. The van der Waals surface area contributed by atoms with Gasteiger partial charge in [0.05, 0.1) is 23.1 Å². The Morgan fingerprint density at radius 2 is 1.95 bits per heavy atom. The molecule has 8 heteroatoms. The van der Waals surface area contributed by atoms with E-state index in [1.807, 2.05) is 20.2 Å². The van der Waals surface area contributed by atoms with Crippen LogP contribution >= 0.6 is 0 Å². The summed E-state index contributed by atoms with van der Waals surface area (Å²) in [7, 11) is 3.61. The second-order valence-electron chi connectivity index (χ2n) is 4.29. The molecule has 0 atom stereocenters. The number of hydrogen-bond acceptors (Lipinski definition) is 6. The molecule has 0 radical (unpaired) electrons. The maximum absolute atomic E-state index is 5.83. The Balaban J connectivity index is 2.07. The quantitative estimate of drug-likeness (QED) is 0.729. The lowest BCUT2D eigenvalue weighted by Crippen LogP contribution is -1.95. The molecule has 3 aromatic heterocycles. The summed E-state index contributed by atoms with van der Waals surface area (Å²) in [6, 6.07) is 0. The number of nitrogen functional groups attached to an aromatic ring is 1. The van der Waals surface area contributed by atoms with E-state index in [1.54, 1.807) is 22.6 Å². The summed E-state index contributed by atoms with van der Waals surface area (Å²) in [6.45, 7) is 1.89. The minimum absolute atomic E-state index is 0.343. The molecule has 3 heterocycles. The van der Waals surface area contributed by atoms with E-state index in [2.05, 4.69) is 20.4 Å². The minimum Gasteiger partial charge on any atom is -0.414 e. The van der Waals surface area contributed by atoms with Gasteiger partial charge in [0.2, 0.25) is 0 Å². The Labute approximate surface area is 108 Å². The molecule has 8 nitrogen and oxygen atoms in total. The highest BCUT2D eigenvalue weighted by Crippen LogP contribution is 2.28. The minimum atomic E-state index is 0.343. The van der Waals surface area contributed by atoms with Gasteiger partial charge in [0.1, 0.15) is 5.69 Å². The van der Waals surface area contributed by atoms with Crippen molar-refractivity contribution in [3.63, 3.8) is 0 Å². The molecule has 3 aromatic rings. The Hall–Kier alpha value is -2.64. The Morgan fingerprint density at radius 1 is 1.21 bits per heavy atom. The van der Waals surface area contributed by atoms with E-state index < -0.39 is 0 Å². The van der Waals surface area contributed by atoms with E-state index in [0.29, 0.717) is 23.2 Å². The van der Waals surface area contributed by atoms with Crippen LogP contribution in [0.3, 0.4) is 0 Å². The Morgan fingerprint density at radius 3 is 2.53 bits per heavy atom. The van der Waals surface area contributed by atoms with Crippen LogP contribution in [0.15, 0.2) is 16.8 Å². The van der Waals surface area contributed by atoms with Gasteiger partial charge >= 0.3 is 0 Å². The average Bonchev–Trinajstić information content (AvgIpc) is 3.00. The van der Waals surface area contributed by atoms with Gasteiger partial charge in [-0.1, -0.05) is 0 Å². The smallest absolute Gasteiger partial charge is 0.268 e. The molecule has 0 aliphatic carbocycles. The summed E-state index contributed by atoms with van der Waals surface area (Å²) in [4.78, 5) is 0. The Kier molecular flexibility index (Phi) is 2.37. The van der Waals surface area contributed by atoms with Gasteiger partial charge in [-0.05, 0) is 6.92 Å². The van der Waals surface area contributed by atoms with Crippen molar-refractivity contribution in [1.82, 2.24) is 29.8 Å². The van der Waals surface area contributed by atoms with Gasteiger partial charge in [-0.15, -0.1) is 10.2 Å². The van der Waals surface area contributed by atoms with Gasteiger partial charge in [-0.3, -0.25) is 9.36 Å². The van der Waals surface area contributed by atoms with Crippen molar-refractivity contribution in [1.29, 1.82) is 0 Å². The topological polar surface area (TPSA) is 101 Å². The van der Waals surface area contributed by atoms with Crippen LogP contribution < -0.4 is 5.73 Å². The zero-order valence-electron chi connectivity index (χ0n) is 10.8. The molecule has 98 valence electrons. The monoisotopic (exact) mass is 259 g/mol. The zero-order chi connectivity index (χ0) is 13.6. The van der Waals surface area contributed by atoms with Crippen LogP contribution in [-0.4, -0.2) is 29.8 Å². The third kappa shape index (κ3) is 1.77. The molecule has 0 aliphatic heterocycles. The van der Waals surface area contributed by atoms with Crippen LogP contribution in [0.4, 0.5) is 5.69 Å². The lowest BCUT2D eigenvalue weighted by Gasteiger charge is -1.96. The SMILES string of the molecule is Cc1nn(C)cc1-c1nnc(-c2c(N)cnn2C)o1. The molecule has 0 amide bonds. The van der Waals surface area contributed by atoms with E-state index >= 15 is 0 Å². The number of nitrogens with two attached hydrogens (primary N) is 1. The van der Waals surface area contributed by atoms with Gasteiger partial charge in [0, 0.05) is 20.3 Å². The fourth-order valence-corrected chi connectivity index (χ4v) is 1.95. The van der Waals surface area contributed by atoms with Crippen molar-refractivity contribution >= 4 is 5.69 Å². The first kappa shape index (κ1) is 11.5. The van der Waals surface area contributed by atoms with E-state index in [9.17, 15) is 0 Å². The lowest BCUT2D eigenvalue weighted by molar-refractivity contribution is 0.574. The molecule has 3 rings (SSSR count). The van der Waals surface area contributed by atoms with E-state index in [1.165, 1.54) is 0 Å². The van der Waals surface area contributed by atoms with E-state index in [4.69, 9.17) is 10.2 Å². The maximum Gasteiger partial charge on any atom is 0.268 e. The molecule has 0 fully saturated rings. The van der Waals surface area contributed by atoms with Crippen LogP contribution in [0.2, 0.25) is 0 Å². The summed E-state index contributed by atoms with van der Waals surface area (Å²) in [5.74, 6) is 0.761. The summed E-state index contributed by atoms with van der Waals surface area (Å²) >= 11 is 0. The van der Waals surface area contributed by atoms with Crippen molar-refractivity contribution in [2.24, 2.45) is 14.1 Å². The maximum atomic E-state index is 5.83. The summed E-state index contributed by atoms with van der Waals surface area (Å²) in [6.07, 6.45) is 3.38. The van der Waals surface area contributed by atoms with Crippen molar-refractivity contribution in [2.45, 2.75) is 6.92 Å². The summed E-state index contributed by atoms with van der Waals surface area (Å²) in [5, 5.41) is 16.3. The standard InChI is InChI=1S/C11H13N7O/c1-6-7(5-17(2)16-6)10-14-15-11(19-10)9-8(12)4-13-18(9)3/h4-5H,12H2,1-3H3. The van der Waals surface area contributed by atoms with Crippen LogP contribution in [0.25, 0.3) is 23.0 Å². The highest BCUT2D eigenvalue weighted by molar-refractivity contribution is 5.66. The molecular weight excluding hydrogens is 246 g/mol. The second-order valence-corrected chi connectivity index (χ2v) is 4.29. The number of aromatic nitrogens is 6. The Bertz CT molecular complexity index is 717. The van der Waals surface area contributed by atoms with Gasteiger partial charge in [-0.2, -0.15) is 10.2 Å². The summed E-state index contributed by atoms with van der Waals surface area (Å²) in [5.41, 5.74) is 8.58. The van der Waals surface area contributed by atoms with Gasteiger partial charge in [0.25, 0.3) is 11.8 Å². The molecule has 0 aliphatic rings. The fraction of sp³-hybridized carbons (Fsp3) is 0.273. The predicted molar refractivity (Wildman–Crippen MR) is 67.9 cm³/mol. The normalized spacial score (nSPS) is 11.1. The van der Waals surface area contributed by atoms with Crippen molar-refractivity contribution in [3.8, 4) is 23.0 Å². The fourth-order valence-electron chi connectivity index (χ4n) is 1.95. The van der Waals surface area contributed by atoms with Gasteiger partial charge in [0.15, 0.2) is 0 Å². The molecule has 2 N–H and O–H groups in total.